The Hall–Kier alpha value is -2.35. The summed E-state index contributed by atoms with van der Waals surface area (Å²) >= 11 is 1.36. The molecule has 0 aliphatic rings. The van der Waals surface area contributed by atoms with Crippen LogP contribution in [0.1, 0.15) is 38.6 Å². The molecule has 1 heterocycles. The summed E-state index contributed by atoms with van der Waals surface area (Å²) in [4.78, 5) is 23.6. The molecular formula is C19H27N5O2S. The van der Waals surface area contributed by atoms with Crippen molar-refractivity contribution in [2.45, 2.75) is 57.5 Å². The van der Waals surface area contributed by atoms with E-state index in [1.807, 2.05) is 42.7 Å². The Labute approximate surface area is 164 Å². The molecule has 3 N–H and O–H groups in total. The van der Waals surface area contributed by atoms with Gasteiger partial charge in [0.05, 0.1) is 5.25 Å². The van der Waals surface area contributed by atoms with Crippen LogP contribution in [0.25, 0.3) is 0 Å². The molecule has 0 aliphatic carbocycles. The summed E-state index contributed by atoms with van der Waals surface area (Å²) in [5.41, 5.74) is 7.15. The van der Waals surface area contributed by atoms with Crippen molar-refractivity contribution in [2.75, 3.05) is 5.32 Å². The maximum absolute atomic E-state index is 12.5. The second kappa shape index (κ2) is 9.55. The van der Waals surface area contributed by atoms with Crippen LogP contribution in [0.5, 0.6) is 0 Å². The van der Waals surface area contributed by atoms with Crippen molar-refractivity contribution in [1.29, 1.82) is 0 Å². The van der Waals surface area contributed by atoms with Crippen LogP contribution in [-0.2, 0) is 22.6 Å². The molecular weight excluding hydrogens is 362 g/mol. The number of carbonyl (C=O) groups excluding carboxylic acids is 2. The van der Waals surface area contributed by atoms with Crippen LogP contribution >= 0.6 is 11.8 Å². The van der Waals surface area contributed by atoms with Gasteiger partial charge < -0.3 is 15.6 Å². The maximum Gasteiger partial charge on any atom is 0.237 e. The van der Waals surface area contributed by atoms with Crippen LogP contribution in [0.2, 0.25) is 0 Å². The lowest BCUT2D eigenvalue weighted by Crippen LogP contribution is -2.23. The Morgan fingerprint density at radius 1 is 1.19 bits per heavy atom. The highest BCUT2D eigenvalue weighted by Crippen LogP contribution is 2.25. The van der Waals surface area contributed by atoms with Gasteiger partial charge in [-0.25, -0.2) is 0 Å². The standard InChI is InChI=1S/C19H27N5O2S/c1-12(2)11-24-17(10-9-16(20)25)22-23-19(24)27-14(4)18(26)21-15-7-5-13(3)6-8-15/h5-8,12,14H,9-11H2,1-4H3,(H2,20,25)(H,21,26)/t14-/m0/s1. The fourth-order valence-corrected chi connectivity index (χ4v) is 3.34. The molecule has 1 aromatic heterocycles. The molecule has 0 saturated heterocycles. The van der Waals surface area contributed by atoms with Gasteiger partial charge in [-0.3, -0.25) is 9.59 Å². The lowest BCUT2D eigenvalue weighted by molar-refractivity contribution is -0.118. The smallest absolute Gasteiger partial charge is 0.237 e. The topological polar surface area (TPSA) is 103 Å². The summed E-state index contributed by atoms with van der Waals surface area (Å²) in [5, 5.41) is 11.7. The third-order valence-electron chi connectivity index (χ3n) is 3.91. The largest absolute Gasteiger partial charge is 0.370 e. The van der Waals surface area contributed by atoms with Crippen molar-refractivity contribution in [1.82, 2.24) is 14.8 Å². The number of carbonyl (C=O) groups is 2. The first-order chi connectivity index (χ1) is 12.8. The predicted octanol–water partition coefficient (Wildman–Crippen LogP) is 2.78. The van der Waals surface area contributed by atoms with E-state index in [0.29, 0.717) is 17.5 Å². The molecule has 0 bridgehead atoms. The lowest BCUT2D eigenvalue weighted by atomic mass is 10.2. The minimum atomic E-state index is -0.367. The highest BCUT2D eigenvalue weighted by molar-refractivity contribution is 8.00. The van der Waals surface area contributed by atoms with E-state index in [2.05, 4.69) is 29.4 Å². The number of anilines is 1. The number of amides is 2. The van der Waals surface area contributed by atoms with Crippen LogP contribution in [0.3, 0.4) is 0 Å². The quantitative estimate of drug-likeness (QED) is 0.642. The van der Waals surface area contributed by atoms with Crippen molar-refractivity contribution in [3.63, 3.8) is 0 Å². The first-order valence-corrected chi connectivity index (χ1v) is 9.88. The van der Waals surface area contributed by atoms with Crippen LogP contribution < -0.4 is 11.1 Å². The molecule has 146 valence electrons. The summed E-state index contributed by atoms with van der Waals surface area (Å²) in [6, 6.07) is 7.68. The summed E-state index contributed by atoms with van der Waals surface area (Å²) in [7, 11) is 0. The average molecular weight is 390 g/mol. The van der Waals surface area contributed by atoms with Gasteiger partial charge >= 0.3 is 0 Å². The summed E-state index contributed by atoms with van der Waals surface area (Å²) in [5.74, 6) is 0.635. The van der Waals surface area contributed by atoms with Gasteiger partial charge in [-0.15, -0.1) is 10.2 Å². The average Bonchev–Trinajstić information content (AvgIpc) is 2.96. The van der Waals surface area contributed by atoms with E-state index in [1.165, 1.54) is 11.8 Å². The first kappa shape index (κ1) is 21.0. The number of aromatic nitrogens is 3. The SMILES string of the molecule is Cc1ccc(NC(=O)[C@H](C)Sc2nnc(CCC(N)=O)n2CC(C)C)cc1. The van der Waals surface area contributed by atoms with Gasteiger partial charge in [-0.1, -0.05) is 43.3 Å². The van der Waals surface area contributed by atoms with E-state index >= 15 is 0 Å². The molecule has 0 spiro atoms. The number of rotatable bonds is 9. The van der Waals surface area contributed by atoms with Gasteiger partial charge in [0.2, 0.25) is 11.8 Å². The number of primary amides is 1. The van der Waals surface area contributed by atoms with E-state index < -0.39 is 0 Å². The lowest BCUT2D eigenvalue weighted by Gasteiger charge is -2.15. The van der Waals surface area contributed by atoms with Gasteiger partial charge in [-0.05, 0) is 31.9 Å². The Balaban J connectivity index is 2.08. The third kappa shape index (κ3) is 6.39. The van der Waals surface area contributed by atoms with Crippen molar-refractivity contribution in [3.8, 4) is 0 Å². The minimum Gasteiger partial charge on any atom is -0.370 e. The van der Waals surface area contributed by atoms with E-state index in [9.17, 15) is 9.59 Å². The molecule has 2 amide bonds. The monoisotopic (exact) mass is 389 g/mol. The number of nitrogens with zero attached hydrogens (tertiary/aromatic N) is 3. The zero-order valence-electron chi connectivity index (χ0n) is 16.2. The van der Waals surface area contributed by atoms with E-state index in [-0.39, 0.29) is 23.5 Å². The zero-order valence-corrected chi connectivity index (χ0v) is 17.0. The normalized spacial score (nSPS) is 12.2. The molecule has 27 heavy (non-hydrogen) atoms. The molecule has 7 nitrogen and oxygen atoms in total. The maximum atomic E-state index is 12.5. The van der Waals surface area contributed by atoms with Gasteiger partial charge in [0.15, 0.2) is 5.16 Å². The minimum absolute atomic E-state index is 0.0957. The van der Waals surface area contributed by atoms with E-state index in [4.69, 9.17) is 5.73 Å². The highest BCUT2D eigenvalue weighted by atomic mass is 32.2. The molecule has 0 saturated carbocycles. The third-order valence-corrected chi connectivity index (χ3v) is 4.99. The van der Waals surface area contributed by atoms with Crippen molar-refractivity contribution >= 4 is 29.3 Å². The van der Waals surface area contributed by atoms with Gasteiger partial charge in [0.1, 0.15) is 5.82 Å². The van der Waals surface area contributed by atoms with Crippen molar-refractivity contribution in [3.05, 3.63) is 35.7 Å². The summed E-state index contributed by atoms with van der Waals surface area (Å²) in [6.45, 7) is 8.75. The fourth-order valence-electron chi connectivity index (χ4n) is 2.47. The van der Waals surface area contributed by atoms with Crippen LogP contribution in [0.4, 0.5) is 5.69 Å². The number of nitrogens with one attached hydrogen (secondary N) is 1. The molecule has 0 aliphatic heterocycles. The van der Waals surface area contributed by atoms with Gasteiger partial charge in [0.25, 0.3) is 0 Å². The number of hydrogen-bond donors (Lipinski definition) is 2. The van der Waals surface area contributed by atoms with Crippen molar-refractivity contribution in [2.24, 2.45) is 11.7 Å². The second-order valence-electron chi connectivity index (χ2n) is 6.98. The number of nitrogens with two attached hydrogens (primary N) is 1. The van der Waals surface area contributed by atoms with Crippen LogP contribution in [0.15, 0.2) is 29.4 Å². The molecule has 2 aromatic rings. The number of hydrogen-bond acceptors (Lipinski definition) is 5. The molecule has 0 fully saturated rings. The fraction of sp³-hybridized carbons (Fsp3) is 0.474. The highest BCUT2D eigenvalue weighted by Gasteiger charge is 2.21. The first-order valence-electron chi connectivity index (χ1n) is 9.00. The molecule has 0 radical (unpaired) electrons. The van der Waals surface area contributed by atoms with Crippen LogP contribution in [-0.4, -0.2) is 31.8 Å². The predicted molar refractivity (Wildman–Crippen MR) is 108 cm³/mol. The Morgan fingerprint density at radius 2 is 1.85 bits per heavy atom. The second-order valence-corrected chi connectivity index (χ2v) is 8.29. The zero-order chi connectivity index (χ0) is 20.0. The molecule has 1 atom stereocenters. The summed E-state index contributed by atoms with van der Waals surface area (Å²) in [6.07, 6.45) is 0.671. The number of thioether (sulfide) groups is 1. The Bertz CT molecular complexity index is 786. The van der Waals surface area contributed by atoms with Gasteiger partial charge in [0, 0.05) is 25.1 Å². The number of aryl methyl sites for hydroxylation is 2. The molecule has 0 unspecified atom stereocenters. The van der Waals surface area contributed by atoms with Crippen LogP contribution in [0, 0.1) is 12.8 Å². The Morgan fingerprint density at radius 3 is 2.44 bits per heavy atom. The number of benzene rings is 1. The van der Waals surface area contributed by atoms with Crippen molar-refractivity contribution < 1.29 is 9.59 Å². The van der Waals surface area contributed by atoms with E-state index in [0.717, 1.165) is 23.6 Å². The summed E-state index contributed by atoms with van der Waals surface area (Å²) < 4.78 is 1.98. The molecule has 2 rings (SSSR count). The van der Waals surface area contributed by atoms with Gasteiger partial charge in [-0.2, -0.15) is 0 Å². The Kier molecular flexibility index (Phi) is 7.41. The molecule has 1 aromatic carbocycles. The van der Waals surface area contributed by atoms with E-state index in [1.54, 1.807) is 0 Å². The molecule has 8 heteroatoms.